The summed E-state index contributed by atoms with van der Waals surface area (Å²) in [6.07, 6.45) is 2.46. The minimum Gasteiger partial charge on any atom is -0.382 e. The second-order valence-corrected chi connectivity index (χ2v) is 16.1. The fourth-order valence-electron chi connectivity index (χ4n) is 8.84. The van der Waals surface area contributed by atoms with E-state index in [-0.39, 0.29) is 67.5 Å². The van der Waals surface area contributed by atoms with Crippen LogP contribution < -0.4 is 31.5 Å². The summed E-state index contributed by atoms with van der Waals surface area (Å²) in [5.41, 5.74) is 8.58. The molecule has 2 unspecified atom stereocenters. The molecule has 4 saturated heterocycles. The molecule has 2 aromatic carbocycles. The number of nitrogens with one attached hydrogen (secondary N) is 3. The lowest BCUT2D eigenvalue weighted by Crippen LogP contribution is -2.53. The number of piperidine rings is 2. The zero-order chi connectivity index (χ0) is 43.5. The molecule has 20 nitrogen and oxygen atoms in total. The van der Waals surface area contributed by atoms with Crippen molar-refractivity contribution in [1.82, 2.24) is 34.9 Å². The van der Waals surface area contributed by atoms with Crippen LogP contribution in [0.2, 0.25) is 0 Å². The van der Waals surface area contributed by atoms with Crippen LogP contribution in [0.1, 0.15) is 64.7 Å². The summed E-state index contributed by atoms with van der Waals surface area (Å²) in [6, 6.07) is 11.9. The van der Waals surface area contributed by atoms with Gasteiger partial charge in [-0.25, -0.2) is 14.8 Å². The van der Waals surface area contributed by atoms with Gasteiger partial charge >= 0.3 is 6.03 Å². The lowest BCUT2D eigenvalue weighted by Gasteiger charge is -2.37. The van der Waals surface area contributed by atoms with Gasteiger partial charge in [-0.3, -0.25) is 34.2 Å². The first-order valence-corrected chi connectivity index (χ1v) is 21.1. The lowest BCUT2D eigenvalue weighted by molar-refractivity contribution is -0.139. The van der Waals surface area contributed by atoms with Crippen LogP contribution in [-0.2, 0) is 19.1 Å². The van der Waals surface area contributed by atoms with Gasteiger partial charge in [0.15, 0.2) is 17.7 Å². The van der Waals surface area contributed by atoms with Crippen LogP contribution in [-0.4, -0.2) is 161 Å². The van der Waals surface area contributed by atoms with E-state index in [1.807, 2.05) is 41.1 Å². The van der Waals surface area contributed by atoms with Crippen molar-refractivity contribution in [3.63, 3.8) is 0 Å². The van der Waals surface area contributed by atoms with Crippen molar-refractivity contribution in [1.29, 1.82) is 0 Å². The second-order valence-electron chi connectivity index (χ2n) is 16.1. The molecule has 6 N–H and O–H groups in total. The number of carbonyl (C=O) groups excluding carboxylic acids is 6. The van der Waals surface area contributed by atoms with Gasteiger partial charge in [-0.05, 0) is 55.7 Å². The van der Waals surface area contributed by atoms with Gasteiger partial charge < -0.3 is 50.7 Å². The van der Waals surface area contributed by atoms with Gasteiger partial charge in [-0.2, -0.15) is 0 Å². The Balaban J connectivity index is 0.773. The van der Waals surface area contributed by atoms with Gasteiger partial charge in [0.05, 0.1) is 31.9 Å². The maximum atomic E-state index is 13.2. The van der Waals surface area contributed by atoms with E-state index in [0.717, 1.165) is 30.0 Å². The van der Waals surface area contributed by atoms with E-state index < -0.39 is 35.9 Å². The van der Waals surface area contributed by atoms with Crippen LogP contribution in [0.25, 0.3) is 0 Å². The highest BCUT2D eigenvalue weighted by molar-refractivity contribution is 6.06. The number of fused-ring (bicyclic) bond motifs is 1. The molecule has 328 valence electrons. The zero-order valence-electron chi connectivity index (χ0n) is 34.6. The number of aliphatic hydroxyl groups is 1. The molecule has 3 atom stereocenters. The highest BCUT2D eigenvalue weighted by Gasteiger charge is 2.45. The number of ether oxygens (including phenoxy) is 1. The Bertz CT molecular complexity index is 2220. The second kappa shape index (κ2) is 18.2. The summed E-state index contributed by atoms with van der Waals surface area (Å²) < 4.78 is 5.75. The molecule has 1 aromatic heterocycles. The van der Waals surface area contributed by atoms with Crippen molar-refractivity contribution >= 4 is 64.3 Å². The number of nitrogens with zero attached hydrogens (tertiary/aromatic N) is 8. The Kier molecular flexibility index (Phi) is 12.4. The minimum atomic E-state index is -1.35. The average Bonchev–Trinajstić information content (AvgIpc) is 3.75. The molecule has 6 heterocycles. The highest BCUT2D eigenvalue weighted by Crippen LogP contribution is 2.39. The van der Waals surface area contributed by atoms with Crippen molar-refractivity contribution in [3.05, 3.63) is 65.5 Å². The third-order valence-electron chi connectivity index (χ3n) is 12.2. The first kappa shape index (κ1) is 42.2. The summed E-state index contributed by atoms with van der Waals surface area (Å²) in [5, 5.41) is 19.8. The normalized spacial score (nSPS) is 21.7. The van der Waals surface area contributed by atoms with Crippen molar-refractivity contribution in [2.45, 2.75) is 50.4 Å². The Morgan fingerprint density at radius 2 is 1.74 bits per heavy atom. The van der Waals surface area contributed by atoms with Crippen molar-refractivity contribution in [2.75, 3.05) is 99.6 Å². The van der Waals surface area contributed by atoms with Crippen molar-refractivity contribution in [2.24, 2.45) is 5.73 Å². The van der Waals surface area contributed by atoms with Crippen LogP contribution in [0.15, 0.2) is 48.7 Å². The molecule has 3 aromatic rings. The monoisotopic (exact) mass is 852 g/mol. The zero-order valence-corrected chi connectivity index (χ0v) is 34.6. The smallest absolute Gasteiger partial charge is 0.320 e. The van der Waals surface area contributed by atoms with Gasteiger partial charge in [0.2, 0.25) is 17.7 Å². The highest BCUT2D eigenvalue weighted by atomic mass is 16.5. The first-order valence-electron chi connectivity index (χ1n) is 21.1. The Labute approximate surface area is 358 Å². The number of benzene rings is 2. The molecule has 5 aliphatic rings. The third kappa shape index (κ3) is 8.78. The van der Waals surface area contributed by atoms with Crippen LogP contribution in [0.4, 0.5) is 33.5 Å². The van der Waals surface area contributed by atoms with E-state index in [1.165, 1.54) is 0 Å². The Hall–Kier alpha value is -6.54. The fourth-order valence-corrected chi connectivity index (χ4v) is 8.84. The third-order valence-corrected chi connectivity index (χ3v) is 12.2. The van der Waals surface area contributed by atoms with Crippen molar-refractivity contribution < 1.29 is 38.6 Å². The number of anilines is 5. The Morgan fingerprint density at radius 3 is 2.47 bits per heavy atom. The van der Waals surface area contributed by atoms with Crippen LogP contribution >= 0.6 is 0 Å². The molecule has 20 heteroatoms. The molecule has 62 heavy (non-hydrogen) atoms. The largest absolute Gasteiger partial charge is 0.382 e. The predicted octanol–water partition coefficient (Wildman–Crippen LogP) is 1.07. The maximum Gasteiger partial charge on any atom is 0.320 e. The molecule has 0 spiro atoms. The summed E-state index contributed by atoms with van der Waals surface area (Å²) >= 11 is 0. The van der Waals surface area contributed by atoms with Gasteiger partial charge in [0, 0.05) is 101 Å². The summed E-state index contributed by atoms with van der Waals surface area (Å²) in [4.78, 5) is 95.3. The van der Waals surface area contributed by atoms with Gasteiger partial charge in [-0.1, -0.05) is 6.07 Å². The molecule has 4 fully saturated rings. The lowest BCUT2D eigenvalue weighted by atomic mass is 10.0. The molecule has 5 aliphatic heterocycles. The summed E-state index contributed by atoms with van der Waals surface area (Å²) in [7, 11) is 1.82. The molecule has 8 rings (SSSR count). The maximum absolute atomic E-state index is 13.2. The average molecular weight is 853 g/mol. The molecule has 0 radical (unpaired) electrons. The quantitative estimate of drug-likeness (QED) is 0.113. The summed E-state index contributed by atoms with van der Waals surface area (Å²) in [6.45, 7) is 6.05. The minimum absolute atomic E-state index is 0.000909. The first-order chi connectivity index (χ1) is 30.0. The SMILES string of the molecule is CN1CCN([C@@H]2CCCN(c3cnc(C(N)=O)c(Nc4ccc(N5CCN(C(=O)CCOCCNc6cccc7c6C(O)N(C6CCC(=O)NC6=O)C7=O)CC5)cc4)n3)C2)C1=O. The standard InChI is InChI=1S/C42H52N12O8/c1-49-16-21-53(42(49)61)28-4-3-15-52(25-28)32-24-45-36(37(43)57)38(47-32)46-26-7-9-27(10-8-26)50-17-19-51(20-18-50)34(56)13-22-62-23-14-44-30-6-2-5-29-35(30)41(60)54(40(29)59)31-11-12-33(55)48-39(31)58/h2,5-10,24,28,31,41,44,60H,3-4,11-23,25H2,1H3,(H2,43,57)(H,46,47)(H,48,55,58)/t28-,31?,41?/m1/s1. The van der Waals surface area contributed by atoms with Crippen LogP contribution in [0.3, 0.4) is 0 Å². The predicted molar refractivity (Wildman–Crippen MR) is 227 cm³/mol. The summed E-state index contributed by atoms with van der Waals surface area (Å²) in [5.74, 6) is -1.33. The number of primary amides is 1. The number of nitrogens with two attached hydrogens (primary N) is 1. The van der Waals surface area contributed by atoms with E-state index in [1.54, 1.807) is 29.3 Å². The number of hydrogen-bond donors (Lipinski definition) is 5. The molecule has 0 aliphatic carbocycles. The number of piperazine rings is 1. The topological polar surface area (TPSA) is 239 Å². The fraction of sp³-hybridized carbons (Fsp3) is 0.476. The number of likely N-dealkylation sites (N-methyl/N-ethyl adjacent to an activating group) is 1. The van der Waals surface area contributed by atoms with E-state index in [9.17, 15) is 33.9 Å². The Morgan fingerprint density at radius 1 is 0.952 bits per heavy atom. The molecular weight excluding hydrogens is 801 g/mol. The van der Waals surface area contributed by atoms with E-state index in [4.69, 9.17) is 15.5 Å². The van der Waals surface area contributed by atoms with Crippen molar-refractivity contribution in [3.8, 4) is 0 Å². The number of urea groups is 1. The van der Waals surface area contributed by atoms with Gasteiger partial charge in [0.25, 0.3) is 11.8 Å². The number of imide groups is 1. The number of rotatable bonds is 14. The van der Waals surface area contributed by atoms with Crippen LogP contribution in [0.5, 0.6) is 0 Å². The number of aromatic nitrogens is 2. The molecule has 7 amide bonds. The van der Waals surface area contributed by atoms with Gasteiger partial charge in [-0.15, -0.1) is 0 Å². The number of carbonyl (C=O) groups is 6. The molecular formula is C42H52N12O8. The molecule has 0 bridgehead atoms. The number of aliphatic hydroxyl groups excluding tert-OH is 1. The van der Waals surface area contributed by atoms with E-state index >= 15 is 0 Å². The van der Waals surface area contributed by atoms with E-state index in [2.05, 4.69) is 30.7 Å². The number of amides is 7. The van der Waals surface area contributed by atoms with Crippen LogP contribution in [0, 0.1) is 0 Å². The number of hydrogen-bond acceptors (Lipinski definition) is 14. The van der Waals surface area contributed by atoms with E-state index in [0.29, 0.717) is 75.1 Å². The van der Waals surface area contributed by atoms with Gasteiger partial charge in [0.1, 0.15) is 11.9 Å². The molecule has 0 saturated carbocycles.